The number of carbonyl (C=O) groups is 2. The monoisotopic (exact) mass is 596 g/mol. The number of hydrogen-bond acceptors (Lipinski definition) is 10. The Hall–Kier alpha value is -3.78. The molecule has 0 aliphatic carbocycles. The number of methoxy groups -OCH3 is 2. The molecule has 0 aromatic carbocycles. The van der Waals surface area contributed by atoms with E-state index in [0.29, 0.717) is 61.0 Å². The van der Waals surface area contributed by atoms with Gasteiger partial charge in [0.25, 0.3) is 5.91 Å². The summed E-state index contributed by atoms with van der Waals surface area (Å²) in [5, 5.41) is 9.40. The number of amides is 1. The average Bonchev–Trinajstić information content (AvgIpc) is 3.58. The Morgan fingerprint density at radius 2 is 1.98 bits per heavy atom. The SMILES string of the molecule is COCCN1C[C@@H](CC(=O)Cc2cc(-c3cnc(OC)c(C(=O)NC4CCOCC4)c3)nn2C)[C@H](c2ccnc(F)c2)O1. The van der Waals surface area contributed by atoms with Crippen molar-refractivity contribution in [2.75, 3.05) is 47.1 Å². The largest absolute Gasteiger partial charge is 0.480 e. The molecular formula is C30H37FN6O6. The molecule has 1 amide bonds. The molecule has 230 valence electrons. The number of rotatable bonds is 12. The Kier molecular flexibility index (Phi) is 10.1. The van der Waals surface area contributed by atoms with Gasteiger partial charge in [-0.05, 0) is 42.7 Å². The van der Waals surface area contributed by atoms with Crippen LogP contribution in [0.2, 0.25) is 0 Å². The quantitative estimate of drug-likeness (QED) is 0.312. The van der Waals surface area contributed by atoms with Crippen LogP contribution < -0.4 is 10.1 Å². The smallest absolute Gasteiger partial charge is 0.257 e. The number of ketones is 1. The molecule has 3 aromatic heterocycles. The maximum absolute atomic E-state index is 13.9. The summed E-state index contributed by atoms with van der Waals surface area (Å²) in [5.41, 5.74) is 2.88. The predicted molar refractivity (Wildman–Crippen MR) is 153 cm³/mol. The van der Waals surface area contributed by atoms with Crippen molar-refractivity contribution >= 4 is 11.7 Å². The Balaban J connectivity index is 1.28. The number of pyridine rings is 2. The number of hydrogen-bond donors (Lipinski definition) is 1. The Bertz CT molecular complexity index is 1430. The van der Waals surface area contributed by atoms with Gasteiger partial charge in [-0.2, -0.15) is 14.6 Å². The van der Waals surface area contributed by atoms with Gasteiger partial charge in [0, 0.05) is 88.9 Å². The van der Waals surface area contributed by atoms with Gasteiger partial charge in [-0.1, -0.05) is 0 Å². The van der Waals surface area contributed by atoms with Crippen molar-refractivity contribution in [1.29, 1.82) is 0 Å². The van der Waals surface area contributed by atoms with Crippen LogP contribution in [0, 0.1) is 11.9 Å². The van der Waals surface area contributed by atoms with Crippen LogP contribution in [0.3, 0.4) is 0 Å². The fourth-order valence-corrected chi connectivity index (χ4v) is 5.48. The number of Topliss-reactive ketones (excluding diaryl/α,β-unsaturated/α-hetero) is 1. The average molecular weight is 597 g/mol. The highest BCUT2D eigenvalue weighted by Crippen LogP contribution is 2.36. The second kappa shape index (κ2) is 14.1. The van der Waals surface area contributed by atoms with E-state index in [1.807, 2.05) is 6.07 Å². The normalized spacial score (nSPS) is 19.4. The highest BCUT2D eigenvalue weighted by atomic mass is 19.1. The summed E-state index contributed by atoms with van der Waals surface area (Å²) in [6.07, 6.45) is 4.40. The lowest BCUT2D eigenvalue weighted by Gasteiger charge is -2.23. The zero-order valence-corrected chi connectivity index (χ0v) is 24.6. The van der Waals surface area contributed by atoms with Crippen molar-refractivity contribution in [1.82, 2.24) is 30.1 Å². The minimum atomic E-state index is -0.596. The number of hydroxylamine groups is 2. The van der Waals surface area contributed by atoms with Gasteiger partial charge in [-0.15, -0.1) is 0 Å². The van der Waals surface area contributed by atoms with Gasteiger partial charge in [0.05, 0.1) is 19.4 Å². The van der Waals surface area contributed by atoms with E-state index in [1.54, 1.807) is 42.2 Å². The fraction of sp³-hybridized carbons (Fsp3) is 0.500. The number of aromatic nitrogens is 4. The van der Waals surface area contributed by atoms with Gasteiger partial charge < -0.3 is 19.5 Å². The summed E-state index contributed by atoms with van der Waals surface area (Å²) in [6.45, 7) is 2.73. The highest BCUT2D eigenvalue weighted by molar-refractivity contribution is 5.97. The minimum Gasteiger partial charge on any atom is -0.480 e. The number of nitrogens with zero attached hydrogens (tertiary/aromatic N) is 5. The van der Waals surface area contributed by atoms with Gasteiger partial charge in [0.1, 0.15) is 17.5 Å². The van der Waals surface area contributed by atoms with E-state index >= 15 is 0 Å². The van der Waals surface area contributed by atoms with E-state index in [2.05, 4.69) is 20.4 Å². The van der Waals surface area contributed by atoms with Crippen molar-refractivity contribution in [3.63, 3.8) is 0 Å². The molecular weight excluding hydrogens is 559 g/mol. The predicted octanol–water partition coefficient (Wildman–Crippen LogP) is 2.69. The summed E-state index contributed by atoms with van der Waals surface area (Å²) in [7, 11) is 4.86. The van der Waals surface area contributed by atoms with Crippen LogP contribution in [0.25, 0.3) is 11.3 Å². The number of halogens is 1. The third-order valence-corrected chi connectivity index (χ3v) is 7.74. The van der Waals surface area contributed by atoms with Gasteiger partial charge >= 0.3 is 0 Å². The number of carbonyl (C=O) groups excluding carboxylic acids is 2. The molecule has 13 heteroatoms. The van der Waals surface area contributed by atoms with Crippen LogP contribution in [0.1, 0.15) is 47.0 Å². The fourth-order valence-electron chi connectivity index (χ4n) is 5.48. The van der Waals surface area contributed by atoms with Crippen LogP contribution in [-0.4, -0.2) is 89.7 Å². The van der Waals surface area contributed by atoms with Gasteiger partial charge in [-0.25, -0.2) is 9.97 Å². The van der Waals surface area contributed by atoms with Gasteiger partial charge in [0.2, 0.25) is 11.8 Å². The molecule has 3 aromatic rings. The molecule has 0 radical (unpaired) electrons. The van der Waals surface area contributed by atoms with Crippen molar-refractivity contribution in [3.05, 3.63) is 59.4 Å². The maximum atomic E-state index is 13.9. The first kappa shape index (κ1) is 30.7. The topological polar surface area (TPSA) is 130 Å². The van der Waals surface area contributed by atoms with Crippen LogP contribution in [0.5, 0.6) is 5.88 Å². The van der Waals surface area contributed by atoms with E-state index in [9.17, 15) is 14.0 Å². The zero-order chi connectivity index (χ0) is 30.3. The molecule has 2 saturated heterocycles. The molecule has 2 aliphatic heterocycles. The highest BCUT2D eigenvalue weighted by Gasteiger charge is 2.37. The van der Waals surface area contributed by atoms with Crippen LogP contribution in [0.4, 0.5) is 4.39 Å². The first-order valence-corrected chi connectivity index (χ1v) is 14.3. The molecule has 0 unspecified atom stereocenters. The second-order valence-electron chi connectivity index (χ2n) is 10.8. The van der Waals surface area contributed by atoms with Crippen molar-refractivity contribution in [2.45, 2.75) is 37.8 Å². The van der Waals surface area contributed by atoms with Gasteiger partial charge in [0.15, 0.2) is 0 Å². The zero-order valence-electron chi connectivity index (χ0n) is 24.6. The lowest BCUT2D eigenvalue weighted by molar-refractivity contribution is -0.155. The summed E-state index contributed by atoms with van der Waals surface area (Å²) >= 11 is 0. The maximum Gasteiger partial charge on any atom is 0.257 e. The van der Waals surface area contributed by atoms with Crippen LogP contribution >= 0.6 is 0 Å². The van der Waals surface area contributed by atoms with Crippen LogP contribution in [0.15, 0.2) is 36.7 Å². The molecule has 5 heterocycles. The summed E-state index contributed by atoms with van der Waals surface area (Å²) in [5.74, 6) is -0.823. The van der Waals surface area contributed by atoms with Crippen LogP contribution in [-0.2, 0) is 32.6 Å². The Morgan fingerprint density at radius 3 is 2.72 bits per heavy atom. The molecule has 0 saturated carbocycles. The van der Waals surface area contributed by atoms with E-state index in [1.165, 1.54) is 19.4 Å². The molecule has 2 fully saturated rings. The van der Waals surface area contributed by atoms with E-state index < -0.39 is 12.1 Å². The number of ether oxygens (including phenoxy) is 3. The second-order valence-corrected chi connectivity index (χ2v) is 10.8. The lowest BCUT2D eigenvalue weighted by atomic mass is 9.91. The van der Waals surface area contributed by atoms with E-state index in [-0.39, 0.29) is 42.4 Å². The lowest BCUT2D eigenvalue weighted by Crippen LogP contribution is -2.39. The molecule has 1 N–H and O–H groups in total. The summed E-state index contributed by atoms with van der Waals surface area (Å²) in [6, 6.07) is 6.61. The van der Waals surface area contributed by atoms with Crippen molar-refractivity contribution in [2.24, 2.45) is 13.0 Å². The molecule has 2 atom stereocenters. The summed E-state index contributed by atoms with van der Waals surface area (Å²) in [4.78, 5) is 40.5. The standard InChI is InChI=1S/C30H37FN6O6/c1-36-23(15-24(38)12-21-18-37(8-11-40-2)43-28(21)19-4-7-32-27(31)14-19)16-26(35-36)20-13-25(30(41-3)33-17-20)29(39)34-22-5-9-42-10-6-22/h4,7,13-14,16-17,21-22,28H,5-6,8-12,15,18H2,1-3H3,(H,34,39)/t21-,28+/m1/s1. The van der Waals surface area contributed by atoms with E-state index in [0.717, 1.165) is 12.8 Å². The summed E-state index contributed by atoms with van der Waals surface area (Å²) < 4.78 is 31.5. The molecule has 0 spiro atoms. The number of aryl methyl sites for hydroxylation is 1. The van der Waals surface area contributed by atoms with Crippen molar-refractivity contribution < 1.29 is 33.0 Å². The number of nitrogens with one attached hydrogen (secondary N) is 1. The molecule has 12 nitrogen and oxygen atoms in total. The molecule has 2 aliphatic rings. The van der Waals surface area contributed by atoms with Crippen molar-refractivity contribution in [3.8, 4) is 17.1 Å². The van der Waals surface area contributed by atoms with Gasteiger partial charge in [-0.3, -0.25) is 19.1 Å². The molecule has 5 rings (SSSR count). The third kappa shape index (κ3) is 7.60. The first-order chi connectivity index (χ1) is 20.8. The minimum absolute atomic E-state index is 0.000605. The third-order valence-electron chi connectivity index (χ3n) is 7.74. The van der Waals surface area contributed by atoms with E-state index in [4.69, 9.17) is 19.0 Å². The Morgan fingerprint density at radius 1 is 1.16 bits per heavy atom. The molecule has 43 heavy (non-hydrogen) atoms. The molecule has 0 bridgehead atoms. The first-order valence-electron chi connectivity index (χ1n) is 14.3. The Labute approximate surface area is 249 Å².